The molecule has 2 heterocycles. The third kappa shape index (κ3) is 2.79. The molecule has 4 rings (SSSR count). The molecule has 0 spiro atoms. The van der Waals surface area contributed by atoms with Crippen LogP contribution in [0.3, 0.4) is 0 Å². The summed E-state index contributed by atoms with van der Waals surface area (Å²) in [5.41, 5.74) is 3.66. The molecule has 0 aliphatic carbocycles. The third-order valence-electron chi connectivity index (χ3n) is 5.43. The van der Waals surface area contributed by atoms with Crippen molar-refractivity contribution in [2.75, 3.05) is 27.8 Å². The molecule has 2 aromatic rings. The molecule has 4 nitrogen and oxygen atoms in total. The molecule has 0 amide bonds. The van der Waals surface area contributed by atoms with Crippen LogP contribution in [0.2, 0.25) is 0 Å². The van der Waals surface area contributed by atoms with E-state index in [1.165, 1.54) is 23.1 Å². The monoisotopic (exact) mass is 339 g/mol. The summed E-state index contributed by atoms with van der Waals surface area (Å²) in [4.78, 5) is 2.40. The molecule has 2 aliphatic rings. The van der Waals surface area contributed by atoms with Crippen LogP contribution < -0.4 is 9.47 Å². The minimum atomic E-state index is -0.0660. The topological polar surface area (TPSA) is 30.9 Å². The van der Waals surface area contributed by atoms with Crippen molar-refractivity contribution in [1.82, 2.24) is 4.90 Å². The van der Waals surface area contributed by atoms with Gasteiger partial charge in [-0.25, -0.2) is 0 Å². The Labute approximate surface area is 149 Å². The van der Waals surface area contributed by atoms with Crippen molar-refractivity contribution in [3.05, 3.63) is 59.2 Å². The molecular weight excluding hydrogens is 314 g/mol. The first-order valence-corrected chi connectivity index (χ1v) is 8.89. The molecule has 3 atom stereocenters. The molecule has 1 saturated heterocycles. The first-order valence-electron chi connectivity index (χ1n) is 8.89. The molecule has 132 valence electrons. The van der Waals surface area contributed by atoms with E-state index in [0.29, 0.717) is 0 Å². The van der Waals surface area contributed by atoms with Crippen LogP contribution in [0.25, 0.3) is 0 Å². The van der Waals surface area contributed by atoms with Crippen molar-refractivity contribution in [2.24, 2.45) is 0 Å². The Hall–Kier alpha value is -2.04. The number of piperidine rings is 1. The summed E-state index contributed by atoms with van der Waals surface area (Å²) < 4.78 is 17.7. The zero-order valence-corrected chi connectivity index (χ0v) is 15.1. The van der Waals surface area contributed by atoms with Gasteiger partial charge < -0.3 is 14.2 Å². The number of hydrogen-bond acceptors (Lipinski definition) is 4. The summed E-state index contributed by atoms with van der Waals surface area (Å²) in [7, 11) is 5.56. The molecular formula is C21H25NO3. The Balaban J connectivity index is 1.88. The summed E-state index contributed by atoms with van der Waals surface area (Å²) in [6.07, 6.45) is 2.40. The van der Waals surface area contributed by atoms with E-state index in [0.717, 1.165) is 24.5 Å². The van der Waals surface area contributed by atoms with Crippen molar-refractivity contribution in [3.8, 4) is 11.5 Å². The van der Waals surface area contributed by atoms with Crippen LogP contribution in [0.4, 0.5) is 0 Å². The highest BCUT2D eigenvalue weighted by atomic mass is 16.5. The second-order valence-electron chi connectivity index (χ2n) is 6.87. The number of rotatable bonds is 3. The first kappa shape index (κ1) is 16.4. The number of likely N-dealkylation sites (tertiary alicyclic amines) is 1. The lowest BCUT2D eigenvalue weighted by atomic mass is 9.83. The standard InChI is InChI=1S/C21H25NO3/c1-22-11-7-10-17-20(22)15-12-18(23-2)19(24-3)13-16(15)21(25-17)14-8-5-4-6-9-14/h4-6,8-9,12-13,17,20-21H,7,10-11H2,1-3H3/t17-,20-,21?/m0/s1. The van der Waals surface area contributed by atoms with Gasteiger partial charge in [0.1, 0.15) is 6.10 Å². The number of nitrogens with zero attached hydrogens (tertiary/aromatic N) is 1. The van der Waals surface area contributed by atoms with Crippen LogP contribution in [0.5, 0.6) is 11.5 Å². The van der Waals surface area contributed by atoms with Crippen molar-refractivity contribution in [1.29, 1.82) is 0 Å². The van der Waals surface area contributed by atoms with E-state index in [1.807, 2.05) is 6.07 Å². The van der Waals surface area contributed by atoms with E-state index < -0.39 is 0 Å². The van der Waals surface area contributed by atoms with Crippen LogP contribution in [0.1, 0.15) is 41.7 Å². The zero-order chi connectivity index (χ0) is 17.4. The summed E-state index contributed by atoms with van der Waals surface area (Å²) in [6, 6.07) is 14.9. The smallest absolute Gasteiger partial charge is 0.161 e. The van der Waals surface area contributed by atoms with Gasteiger partial charge in [0, 0.05) is 0 Å². The maximum Gasteiger partial charge on any atom is 0.161 e. The van der Waals surface area contributed by atoms with Gasteiger partial charge in [0.15, 0.2) is 11.5 Å². The summed E-state index contributed by atoms with van der Waals surface area (Å²) in [5.74, 6) is 1.54. The summed E-state index contributed by atoms with van der Waals surface area (Å²) >= 11 is 0. The number of hydrogen-bond donors (Lipinski definition) is 0. The lowest BCUT2D eigenvalue weighted by Gasteiger charge is -2.46. The quantitative estimate of drug-likeness (QED) is 0.847. The lowest BCUT2D eigenvalue weighted by Crippen LogP contribution is -2.44. The van der Waals surface area contributed by atoms with Crippen molar-refractivity contribution in [2.45, 2.75) is 31.1 Å². The van der Waals surface area contributed by atoms with E-state index in [9.17, 15) is 0 Å². The van der Waals surface area contributed by atoms with Crippen LogP contribution in [0, 0.1) is 0 Å². The fourth-order valence-electron chi connectivity index (χ4n) is 4.23. The minimum absolute atomic E-state index is 0.0660. The molecule has 0 saturated carbocycles. The molecule has 0 N–H and O–H groups in total. The number of benzene rings is 2. The Morgan fingerprint density at radius 2 is 1.68 bits per heavy atom. The highest BCUT2D eigenvalue weighted by Gasteiger charge is 2.41. The molecule has 1 fully saturated rings. The molecule has 25 heavy (non-hydrogen) atoms. The lowest BCUT2D eigenvalue weighted by molar-refractivity contribution is -0.0793. The molecule has 0 radical (unpaired) electrons. The number of fused-ring (bicyclic) bond motifs is 3. The highest BCUT2D eigenvalue weighted by molar-refractivity contribution is 5.52. The average molecular weight is 339 g/mol. The van der Waals surface area contributed by atoms with Gasteiger partial charge in [-0.3, -0.25) is 4.90 Å². The van der Waals surface area contributed by atoms with Gasteiger partial charge in [-0.2, -0.15) is 0 Å². The SMILES string of the molecule is COc1cc2c(cc1OC)[C@H]1[C@H](CCCN1C)OC2c1ccccc1. The normalized spacial score (nSPS) is 25.8. The Bertz CT molecular complexity index is 746. The predicted molar refractivity (Wildman–Crippen MR) is 97.3 cm³/mol. The second-order valence-corrected chi connectivity index (χ2v) is 6.87. The van der Waals surface area contributed by atoms with Gasteiger partial charge >= 0.3 is 0 Å². The molecule has 2 aromatic carbocycles. The van der Waals surface area contributed by atoms with E-state index in [-0.39, 0.29) is 18.2 Å². The minimum Gasteiger partial charge on any atom is -0.493 e. The van der Waals surface area contributed by atoms with Crippen LogP contribution >= 0.6 is 0 Å². The van der Waals surface area contributed by atoms with Crippen LogP contribution in [-0.4, -0.2) is 38.8 Å². The summed E-state index contributed by atoms with van der Waals surface area (Å²) in [6.45, 7) is 1.09. The Kier molecular flexibility index (Phi) is 4.40. The van der Waals surface area contributed by atoms with E-state index in [4.69, 9.17) is 14.2 Å². The van der Waals surface area contributed by atoms with Gasteiger partial charge in [0.2, 0.25) is 0 Å². The van der Waals surface area contributed by atoms with Gasteiger partial charge in [-0.1, -0.05) is 30.3 Å². The molecule has 0 bridgehead atoms. The highest BCUT2D eigenvalue weighted by Crippen LogP contribution is 2.48. The van der Waals surface area contributed by atoms with Gasteiger partial charge in [-0.05, 0) is 55.3 Å². The fraction of sp³-hybridized carbons (Fsp3) is 0.429. The second kappa shape index (κ2) is 6.70. The molecule has 0 aromatic heterocycles. The zero-order valence-electron chi connectivity index (χ0n) is 15.1. The maximum absolute atomic E-state index is 6.61. The fourth-order valence-corrected chi connectivity index (χ4v) is 4.23. The van der Waals surface area contributed by atoms with E-state index >= 15 is 0 Å². The van der Waals surface area contributed by atoms with E-state index in [1.54, 1.807) is 14.2 Å². The van der Waals surface area contributed by atoms with Crippen molar-refractivity contribution in [3.63, 3.8) is 0 Å². The number of likely N-dealkylation sites (N-methyl/N-ethyl adjacent to an activating group) is 1. The average Bonchev–Trinajstić information content (AvgIpc) is 2.66. The van der Waals surface area contributed by atoms with E-state index in [2.05, 4.69) is 48.3 Å². The van der Waals surface area contributed by atoms with Crippen molar-refractivity contribution < 1.29 is 14.2 Å². The molecule has 4 heteroatoms. The van der Waals surface area contributed by atoms with Gasteiger partial charge in [0.25, 0.3) is 0 Å². The number of methoxy groups -OCH3 is 2. The first-order chi connectivity index (χ1) is 12.2. The van der Waals surface area contributed by atoms with Crippen LogP contribution in [0.15, 0.2) is 42.5 Å². The van der Waals surface area contributed by atoms with Gasteiger partial charge in [-0.15, -0.1) is 0 Å². The van der Waals surface area contributed by atoms with Crippen molar-refractivity contribution >= 4 is 0 Å². The third-order valence-corrected chi connectivity index (χ3v) is 5.43. The largest absolute Gasteiger partial charge is 0.493 e. The Morgan fingerprint density at radius 3 is 2.36 bits per heavy atom. The molecule has 1 unspecified atom stereocenters. The predicted octanol–water partition coefficient (Wildman–Crippen LogP) is 3.96. The summed E-state index contributed by atoms with van der Waals surface area (Å²) in [5, 5.41) is 0. The molecule has 2 aliphatic heterocycles. The Morgan fingerprint density at radius 1 is 1.00 bits per heavy atom. The van der Waals surface area contributed by atoms with Gasteiger partial charge in [0.05, 0.1) is 26.4 Å². The maximum atomic E-state index is 6.61. The van der Waals surface area contributed by atoms with Crippen LogP contribution in [-0.2, 0) is 4.74 Å². The number of ether oxygens (including phenoxy) is 3.